The maximum absolute atomic E-state index is 13.1. The third-order valence-electron chi connectivity index (χ3n) is 5.70. The molecule has 0 bridgehead atoms. The van der Waals surface area contributed by atoms with Crippen LogP contribution in [0.3, 0.4) is 0 Å². The smallest absolute Gasteiger partial charge is 0.194 e. The van der Waals surface area contributed by atoms with Crippen LogP contribution in [0.15, 0.2) is 66.6 Å². The third kappa shape index (κ3) is 5.32. The quantitative estimate of drug-likeness (QED) is 0.130. The molecule has 0 unspecified atom stereocenters. The second-order valence-electron chi connectivity index (χ2n) is 8.77. The van der Waals surface area contributed by atoms with Crippen molar-refractivity contribution in [1.29, 1.82) is 0 Å². The number of pyridine rings is 1. The van der Waals surface area contributed by atoms with Gasteiger partial charge in [-0.2, -0.15) is 0 Å². The molecule has 0 fully saturated rings. The zero-order chi connectivity index (χ0) is 24.6. The Bertz CT molecular complexity index is 1480. The topological polar surface area (TPSA) is 67.3 Å². The van der Waals surface area contributed by atoms with Crippen molar-refractivity contribution in [2.75, 3.05) is 0 Å². The molecule has 4 aromatic rings. The summed E-state index contributed by atoms with van der Waals surface area (Å²) in [5.41, 5.74) is 8.92. The van der Waals surface area contributed by atoms with Crippen molar-refractivity contribution < 1.29 is 34.8 Å². The summed E-state index contributed by atoms with van der Waals surface area (Å²) in [5.74, 6) is 0.0413. The summed E-state index contributed by atoms with van der Waals surface area (Å²) in [6.07, 6.45) is 2.96. The standard InChI is InChI=1S/C25H18NO.C5H8O2.Ir/c1-14-4-5-21-22(13-14)18-6-7-20-19(23(18)25(21)27)8-9-26-24(20)17-11-15(2)10-16(3)12-17;1-4(6)3-5(2)7;/h4-11,13H,1-3H3;3,6H,1-2H3;/q-1;;/b;4-3-;. The van der Waals surface area contributed by atoms with E-state index in [0.29, 0.717) is 0 Å². The number of allylic oxidation sites excluding steroid dienone is 2. The SMILES string of the molecule is CC(=O)/C=C(/C)O.Cc1[c-]c(-c2nccc3c4c(ccc23)-c2cc(C)ccc2C4=O)cc(C)c1.[Ir]. The van der Waals surface area contributed by atoms with E-state index < -0.39 is 0 Å². The number of nitrogens with zero attached hydrogens (tertiary/aromatic N) is 1. The van der Waals surface area contributed by atoms with Crippen LogP contribution in [0.1, 0.15) is 46.5 Å². The Hall–Kier alpha value is -3.40. The molecular weight excluding hydrogens is 615 g/mol. The van der Waals surface area contributed by atoms with Crippen LogP contribution in [-0.2, 0) is 24.9 Å². The number of fused-ring (bicyclic) bond motifs is 5. The molecule has 1 radical (unpaired) electrons. The van der Waals surface area contributed by atoms with Crippen molar-refractivity contribution in [2.24, 2.45) is 0 Å². The van der Waals surface area contributed by atoms with Gasteiger partial charge in [0.05, 0.1) is 5.76 Å². The maximum Gasteiger partial charge on any atom is 0.194 e. The van der Waals surface area contributed by atoms with Gasteiger partial charge in [-0.1, -0.05) is 49.7 Å². The van der Waals surface area contributed by atoms with E-state index in [1.54, 1.807) is 6.20 Å². The molecule has 0 saturated heterocycles. The molecular formula is C30H26IrNO3-. The van der Waals surface area contributed by atoms with Crippen molar-refractivity contribution in [2.45, 2.75) is 34.6 Å². The molecule has 1 aromatic heterocycles. The van der Waals surface area contributed by atoms with Crippen LogP contribution in [0.4, 0.5) is 0 Å². The van der Waals surface area contributed by atoms with Gasteiger partial charge < -0.3 is 10.1 Å². The van der Waals surface area contributed by atoms with E-state index in [1.165, 1.54) is 25.5 Å². The maximum atomic E-state index is 13.1. The van der Waals surface area contributed by atoms with E-state index in [4.69, 9.17) is 5.11 Å². The predicted molar refractivity (Wildman–Crippen MR) is 136 cm³/mol. The van der Waals surface area contributed by atoms with Crippen LogP contribution in [-0.4, -0.2) is 21.7 Å². The molecule has 35 heavy (non-hydrogen) atoms. The molecule has 1 aliphatic rings. The van der Waals surface area contributed by atoms with Gasteiger partial charge >= 0.3 is 0 Å². The van der Waals surface area contributed by atoms with Crippen LogP contribution in [0.2, 0.25) is 0 Å². The number of aliphatic hydroxyl groups is 1. The van der Waals surface area contributed by atoms with Crippen LogP contribution in [0.25, 0.3) is 33.2 Å². The predicted octanol–water partition coefficient (Wildman–Crippen LogP) is 6.87. The molecule has 4 nitrogen and oxygen atoms in total. The van der Waals surface area contributed by atoms with E-state index in [9.17, 15) is 9.59 Å². The summed E-state index contributed by atoms with van der Waals surface area (Å²) in [6, 6.07) is 19.8. The minimum Gasteiger partial charge on any atom is -0.512 e. The zero-order valence-electron chi connectivity index (χ0n) is 20.3. The first kappa shape index (κ1) is 26.2. The number of benzene rings is 3. The fourth-order valence-electron chi connectivity index (χ4n) is 4.47. The van der Waals surface area contributed by atoms with Gasteiger partial charge in [0.25, 0.3) is 0 Å². The minimum atomic E-state index is -0.125. The largest absolute Gasteiger partial charge is 0.512 e. The average Bonchev–Trinajstić information content (AvgIpc) is 3.04. The number of ketones is 2. The molecule has 0 atom stereocenters. The monoisotopic (exact) mass is 641 g/mol. The molecule has 0 spiro atoms. The first-order chi connectivity index (χ1) is 16.2. The van der Waals surface area contributed by atoms with Crippen LogP contribution >= 0.6 is 0 Å². The molecule has 3 aromatic carbocycles. The third-order valence-corrected chi connectivity index (χ3v) is 5.70. The van der Waals surface area contributed by atoms with Gasteiger partial charge in [0.15, 0.2) is 11.6 Å². The fraction of sp³-hybridized carbons (Fsp3) is 0.167. The molecule has 179 valence electrons. The van der Waals surface area contributed by atoms with Crippen molar-refractivity contribution in [1.82, 2.24) is 4.98 Å². The Morgan fingerprint density at radius 3 is 2.23 bits per heavy atom. The number of hydrogen-bond donors (Lipinski definition) is 1. The van der Waals surface area contributed by atoms with Gasteiger partial charge in [-0.05, 0) is 54.4 Å². The Morgan fingerprint density at radius 1 is 0.886 bits per heavy atom. The molecule has 0 amide bonds. The molecule has 0 saturated carbocycles. The van der Waals surface area contributed by atoms with Crippen molar-refractivity contribution in [3.8, 4) is 22.4 Å². The van der Waals surface area contributed by atoms with Gasteiger partial charge in [-0.25, -0.2) is 0 Å². The second kappa shape index (κ2) is 10.5. The fourth-order valence-corrected chi connectivity index (χ4v) is 4.47. The van der Waals surface area contributed by atoms with Gasteiger partial charge in [-0.15, -0.1) is 34.9 Å². The van der Waals surface area contributed by atoms with Crippen LogP contribution in [0, 0.1) is 26.8 Å². The molecule has 1 N–H and O–H groups in total. The van der Waals surface area contributed by atoms with Gasteiger partial charge in [0.1, 0.15) is 0 Å². The number of aromatic nitrogens is 1. The molecule has 0 aliphatic heterocycles. The summed E-state index contributed by atoms with van der Waals surface area (Å²) in [6.45, 7) is 9.03. The van der Waals surface area contributed by atoms with E-state index in [-0.39, 0.29) is 37.4 Å². The van der Waals surface area contributed by atoms with Crippen molar-refractivity contribution in [3.05, 3.63) is 100 Å². The number of rotatable bonds is 2. The van der Waals surface area contributed by atoms with E-state index in [2.05, 4.69) is 55.2 Å². The number of carbonyl (C=O) groups excluding carboxylic acids is 2. The first-order valence-corrected chi connectivity index (χ1v) is 11.1. The van der Waals surface area contributed by atoms with Crippen molar-refractivity contribution >= 4 is 22.3 Å². The first-order valence-electron chi connectivity index (χ1n) is 11.1. The average molecular weight is 641 g/mol. The molecule has 1 heterocycles. The van der Waals surface area contributed by atoms with Crippen molar-refractivity contribution in [3.63, 3.8) is 0 Å². The molecule has 5 rings (SSSR count). The normalized spacial score (nSPS) is 11.8. The summed E-state index contributed by atoms with van der Waals surface area (Å²) in [4.78, 5) is 27.8. The Morgan fingerprint density at radius 2 is 1.60 bits per heavy atom. The van der Waals surface area contributed by atoms with Gasteiger partial charge in [-0.3, -0.25) is 9.59 Å². The van der Waals surface area contributed by atoms with E-state index in [0.717, 1.165) is 55.4 Å². The van der Waals surface area contributed by atoms with Gasteiger partial charge in [0.2, 0.25) is 0 Å². The molecule has 1 aliphatic carbocycles. The number of carbonyl (C=O) groups is 2. The Labute approximate surface area is 219 Å². The van der Waals surface area contributed by atoms with Gasteiger partial charge in [0, 0.05) is 43.5 Å². The number of aryl methyl sites for hydroxylation is 3. The van der Waals surface area contributed by atoms with Crippen LogP contribution in [0.5, 0.6) is 0 Å². The van der Waals surface area contributed by atoms with Crippen LogP contribution < -0.4 is 0 Å². The van der Waals surface area contributed by atoms with E-state index >= 15 is 0 Å². The summed E-state index contributed by atoms with van der Waals surface area (Å²) in [5, 5.41) is 10.3. The number of hydrogen-bond acceptors (Lipinski definition) is 4. The Balaban J connectivity index is 0.000000378. The minimum absolute atomic E-state index is 0. The zero-order valence-corrected chi connectivity index (χ0v) is 22.7. The number of aliphatic hydroxyl groups excluding tert-OH is 1. The molecule has 5 heteroatoms. The summed E-state index contributed by atoms with van der Waals surface area (Å²) in [7, 11) is 0. The summed E-state index contributed by atoms with van der Waals surface area (Å²) >= 11 is 0. The Kier molecular flexibility index (Phi) is 7.84. The van der Waals surface area contributed by atoms with E-state index in [1.807, 2.05) is 25.1 Å². The summed E-state index contributed by atoms with van der Waals surface area (Å²) < 4.78 is 0. The second-order valence-corrected chi connectivity index (χ2v) is 8.77.